The lowest BCUT2D eigenvalue weighted by molar-refractivity contribution is 0.0949. The van der Waals surface area contributed by atoms with Gasteiger partial charge in [0, 0.05) is 19.5 Å². The maximum Gasteiger partial charge on any atom is 0.254 e. The number of hydrogen-bond donors (Lipinski definition) is 1. The fourth-order valence-corrected chi connectivity index (χ4v) is 3.27. The molecule has 0 saturated carbocycles. The zero-order valence-electron chi connectivity index (χ0n) is 15.7. The molecule has 2 aromatic carbocycles. The van der Waals surface area contributed by atoms with Crippen molar-refractivity contribution in [1.82, 2.24) is 14.9 Å². The zero-order chi connectivity index (χ0) is 19.1. The van der Waals surface area contributed by atoms with Gasteiger partial charge in [0.15, 0.2) is 0 Å². The van der Waals surface area contributed by atoms with E-state index in [0.29, 0.717) is 6.54 Å². The SMILES string of the molecule is CCCCCn1c(CCCNC(=O)c2ccccc2F)nc2ccccc21. The van der Waals surface area contributed by atoms with Gasteiger partial charge >= 0.3 is 0 Å². The molecule has 0 aliphatic heterocycles. The summed E-state index contributed by atoms with van der Waals surface area (Å²) in [6.07, 6.45) is 5.05. The molecule has 0 atom stereocenters. The van der Waals surface area contributed by atoms with E-state index in [9.17, 15) is 9.18 Å². The van der Waals surface area contributed by atoms with E-state index in [4.69, 9.17) is 4.98 Å². The van der Waals surface area contributed by atoms with E-state index in [-0.39, 0.29) is 11.5 Å². The van der Waals surface area contributed by atoms with Crippen molar-refractivity contribution in [2.24, 2.45) is 0 Å². The molecule has 0 fully saturated rings. The summed E-state index contributed by atoms with van der Waals surface area (Å²) >= 11 is 0. The van der Waals surface area contributed by atoms with Gasteiger partial charge in [0.05, 0.1) is 16.6 Å². The highest BCUT2D eigenvalue weighted by atomic mass is 19.1. The minimum Gasteiger partial charge on any atom is -0.352 e. The predicted molar refractivity (Wildman–Crippen MR) is 106 cm³/mol. The molecule has 0 spiro atoms. The van der Waals surface area contributed by atoms with Crippen LogP contribution in [0.1, 0.15) is 48.8 Å². The van der Waals surface area contributed by atoms with E-state index in [0.717, 1.165) is 37.1 Å². The molecule has 0 saturated heterocycles. The summed E-state index contributed by atoms with van der Waals surface area (Å²) in [6, 6.07) is 14.2. The standard InChI is InChI=1S/C22H26FN3O/c1-2-3-8-16-26-20-13-7-6-12-19(20)25-21(26)14-9-15-24-22(27)17-10-4-5-11-18(17)23/h4-7,10-13H,2-3,8-9,14-16H2,1H3,(H,24,27). The van der Waals surface area contributed by atoms with Gasteiger partial charge in [0.25, 0.3) is 5.91 Å². The zero-order valence-corrected chi connectivity index (χ0v) is 15.7. The molecule has 1 aromatic heterocycles. The van der Waals surface area contributed by atoms with E-state index in [1.807, 2.05) is 18.2 Å². The first-order valence-corrected chi connectivity index (χ1v) is 9.67. The molecule has 0 aliphatic carbocycles. The summed E-state index contributed by atoms with van der Waals surface area (Å²) in [7, 11) is 0. The molecule has 1 N–H and O–H groups in total. The molecule has 0 aliphatic rings. The van der Waals surface area contributed by atoms with Crippen LogP contribution in [0, 0.1) is 5.82 Å². The number of halogens is 1. The Balaban J connectivity index is 1.60. The number of unbranched alkanes of at least 4 members (excludes halogenated alkanes) is 2. The Kier molecular flexibility index (Phi) is 6.58. The lowest BCUT2D eigenvalue weighted by Gasteiger charge is -2.10. The van der Waals surface area contributed by atoms with Crippen LogP contribution in [-0.2, 0) is 13.0 Å². The van der Waals surface area contributed by atoms with Crippen molar-refractivity contribution in [2.75, 3.05) is 6.54 Å². The summed E-state index contributed by atoms with van der Waals surface area (Å²) < 4.78 is 16.0. The summed E-state index contributed by atoms with van der Waals surface area (Å²) in [5, 5.41) is 2.80. The maximum atomic E-state index is 13.7. The van der Waals surface area contributed by atoms with Crippen molar-refractivity contribution < 1.29 is 9.18 Å². The van der Waals surface area contributed by atoms with Gasteiger partial charge in [-0.15, -0.1) is 0 Å². The van der Waals surface area contributed by atoms with Gasteiger partial charge in [-0.1, -0.05) is 44.0 Å². The van der Waals surface area contributed by atoms with Crippen LogP contribution in [-0.4, -0.2) is 22.0 Å². The topological polar surface area (TPSA) is 46.9 Å². The average molecular weight is 367 g/mol. The Morgan fingerprint density at radius 2 is 1.85 bits per heavy atom. The quantitative estimate of drug-likeness (QED) is 0.556. The number of amides is 1. The van der Waals surface area contributed by atoms with Crippen LogP contribution in [0.2, 0.25) is 0 Å². The first-order chi connectivity index (χ1) is 13.2. The maximum absolute atomic E-state index is 13.7. The number of hydrogen-bond acceptors (Lipinski definition) is 2. The molecule has 0 radical (unpaired) electrons. The second kappa shape index (κ2) is 9.31. The fraction of sp³-hybridized carbons (Fsp3) is 0.364. The molecule has 5 heteroatoms. The highest BCUT2D eigenvalue weighted by Gasteiger charge is 2.12. The van der Waals surface area contributed by atoms with Crippen LogP contribution in [0.3, 0.4) is 0 Å². The lowest BCUT2D eigenvalue weighted by Crippen LogP contribution is -2.25. The van der Waals surface area contributed by atoms with Crippen molar-refractivity contribution in [2.45, 2.75) is 45.6 Å². The first-order valence-electron chi connectivity index (χ1n) is 9.67. The van der Waals surface area contributed by atoms with Crippen molar-refractivity contribution in [1.29, 1.82) is 0 Å². The van der Waals surface area contributed by atoms with Gasteiger partial charge in [-0.05, 0) is 37.1 Å². The number of rotatable bonds is 9. The van der Waals surface area contributed by atoms with E-state index in [1.54, 1.807) is 12.1 Å². The molecule has 3 rings (SSSR count). The smallest absolute Gasteiger partial charge is 0.254 e. The van der Waals surface area contributed by atoms with Crippen molar-refractivity contribution >= 4 is 16.9 Å². The van der Waals surface area contributed by atoms with Gasteiger partial charge in [-0.2, -0.15) is 0 Å². The number of carbonyl (C=O) groups is 1. The second-order valence-corrected chi connectivity index (χ2v) is 6.71. The third kappa shape index (κ3) is 4.73. The Bertz CT molecular complexity index is 903. The number of nitrogens with one attached hydrogen (secondary N) is 1. The van der Waals surface area contributed by atoms with Gasteiger partial charge in [-0.3, -0.25) is 4.79 Å². The number of para-hydroxylation sites is 2. The summed E-state index contributed by atoms with van der Waals surface area (Å²) in [4.78, 5) is 16.9. The molecular weight excluding hydrogens is 341 g/mol. The highest BCUT2D eigenvalue weighted by Crippen LogP contribution is 2.18. The lowest BCUT2D eigenvalue weighted by atomic mass is 10.2. The number of fused-ring (bicyclic) bond motifs is 1. The van der Waals surface area contributed by atoms with E-state index in [1.165, 1.54) is 30.5 Å². The number of carbonyl (C=O) groups excluding carboxylic acids is 1. The predicted octanol–water partition coefficient (Wildman–Crippen LogP) is 4.73. The Morgan fingerprint density at radius 3 is 2.67 bits per heavy atom. The highest BCUT2D eigenvalue weighted by molar-refractivity contribution is 5.94. The largest absolute Gasteiger partial charge is 0.352 e. The van der Waals surface area contributed by atoms with Crippen molar-refractivity contribution in [3.8, 4) is 0 Å². The second-order valence-electron chi connectivity index (χ2n) is 6.71. The van der Waals surface area contributed by atoms with Crippen LogP contribution in [0.25, 0.3) is 11.0 Å². The molecule has 1 amide bonds. The fourth-order valence-electron chi connectivity index (χ4n) is 3.27. The first kappa shape index (κ1) is 19.1. The minimum atomic E-state index is -0.493. The van der Waals surface area contributed by atoms with Crippen LogP contribution < -0.4 is 5.32 Å². The molecule has 3 aromatic rings. The van der Waals surface area contributed by atoms with Crippen LogP contribution in [0.4, 0.5) is 4.39 Å². The summed E-state index contributed by atoms with van der Waals surface area (Å²) in [5.74, 6) is 0.185. The Hall–Kier alpha value is -2.69. The van der Waals surface area contributed by atoms with Gasteiger partial charge in [-0.25, -0.2) is 9.37 Å². The Labute approximate surface area is 159 Å². The third-order valence-corrected chi connectivity index (χ3v) is 4.70. The molecule has 27 heavy (non-hydrogen) atoms. The molecule has 0 unspecified atom stereocenters. The van der Waals surface area contributed by atoms with Crippen LogP contribution >= 0.6 is 0 Å². The van der Waals surface area contributed by atoms with E-state index in [2.05, 4.69) is 22.9 Å². The van der Waals surface area contributed by atoms with Crippen LogP contribution in [0.15, 0.2) is 48.5 Å². The number of aromatic nitrogens is 2. The van der Waals surface area contributed by atoms with Crippen molar-refractivity contribution in [3.63, 3.8) is 0 Å². The van der Waals surface area contributed by atoms with Gasteiger partial charge in [0.1, 0.15) is 11.6 Å². The average Bonchev–Trinajstić information content (AvgIpc) is 3.03. The summed E-state index contributed by atoms with van der Waals surface area (Å²) in [6.45, 7) is 3.65. The number of benzene rings is 2. The summed E-state index contributed by atoms with van der Waals surface area (Å²) in [5.41, 5.74) is 2.27. The molecule has 0 bridgehead atoms. The van der Waals surface area contributed by atoms with Gasteiger partial charge in [0.2, 0.25) is 0 Å². The Morgan fingerprint density at radius 1 is 1.07 bits per heavy atom. The number of nitrogens with zero attached hydrogens (tertiary/aromatic N) is 2. The molecular formula is C22H26FN3O. The van der Waals surface area contributed by atoms with Gasteiger partial charge < -0.3 is 9.88 Å². The van der Waals surface area contributed by atoms with Crippen molar-refractivity contribution in [3.05, 3.63) is 65.7 Å². The van der Waals surface area contributed by atoms with E-state index >= 15 is 0 Å². The normalized spacial score (nSPS) is 11.0. The van der Waals surface area contributed by atoms with E-state index < -0.39 is 5.82 Å². The molecule has 1 heterocycles. The third-order valence-electron chi connectivity index (χ3n) is 4.70. The monoisotopic (exact) mass is 367 g/mol. The molecule has 142 valence electrons. The van der Waals surface area contributed by atoms with Crippen LogP contribution in [0.5, 0.6) is 0 Å². The number of imidazole rings is 1. The molecule has 4 nitrogen and oxygen atoms in total. The number of aryl methyl sites for hydroxylation is 2. The minimum absolute atomic E-state index is 0.0873.